The van der Waals surface area contributed by atoms with E-state index in [-0.39, 0.29) is 18.4 Å². The van der Waals surface area contributed by atoms with Gasteiger partial charge in [0, 0.05) is 36.5 Å². The van der Waals surface area contributed by atoms with Gasteiger partial charge in [0.05, 0.1) is 12.0 Å². The van der Waals surface area contributed by atoms with Gasteiger partial charge in [-0.25, -0.2) is 4.98 Å². The lowest BCUT2D eigenvalue weighted by Crippen LogP contribution is -2.46. The predicted octanol–water partition coefficient (Wildman–Crippen LogP) is 4.52. The Balaban J connectivity index is 1.26. The minimum Gasteiger partial charge on any atom is -0.477 e. The Hall–Kier alpha value is -3.14. The van der Waals surface area contributed by atoms with E-state index in [1.54, 1.807) is 24.4 Å². The molecule has 1 aromatic heterocycles. The number of hydrogen-bond acceptors (Lipinski definition) is 5. The molecular formula is C28H35F3N4O3. The number of carbonyl (C=O) groups excluding carboxylic acids is 2. The molecule has 1 atom stereocenters. The second kappa shape index (κ2) is 11.3. The van der Waals surface area contributed by atoms with Crippen LogP contribution in [0.3, 0.4) is 0 Å². The molecule has 10 heteroatoms. The van der Waals surface area contributed by atoms with Crippen LogP contribution in [-0.2, 0) is 4.79 Å². The molecule has 2 fully saturated rings. The van der Waals surface area contributed by atoms with E-state index in [0.29, 0.717) is 44.1 Å². The number of benzene rings is 1. The highest BCUT2D eigenvalue weighted by molar-refractivity contribution is 5.98. The quantitative estimate of drug-likeness (QED) is 0.540. The van der Waals surface area contributed by atoms with Crippen LogP contribution in [0.5, 0.6) is 5.88 Å². The maximum atomic E-state index is 13.2. The Morgan fingerprint density at radius 3 is 2.24 bits per heavy atom. The first kappa shape index (κ1) is 27.9. The summed E-state index contributed by atoms with van der Waals surface area (Å²) in [6.07, 6.45) is 0.421. The average molecular weight is 533 g/mol. The number of piperidine rings is 1. The lowest BCUT2D eigenvalue weighted by atomic mass is 9.89. The first-order chi connectivity index (χ1) is 17.9. The number of nitrogens with two attached hydrogens (primary N) is 1. The van der Waals surface area contributed by atoms with Gasteiger partial charge in [-0.15, -0.1) is 0 Å². The first-order valence-electron chi connectivity index (χ1n) is 13.0. The molecule has 206 valence electrons. The Labute approximate surface area is 221 Å². The third kappa shape index (κ3) is 6.46. The number of alkyl halides is 3. The summed E-state index contributed by atoms with van der Waals surface area (Å²) in [6.45, 7) is 4.76. The molecule has 3 heterocycles. The number of rotatable bonds is 8. The van der Waals surface area contributed by atoms with Gasteiger partial charge in [0.25, 0.3) is 5.91 Å². The van der Waals surface area contributed by atoms with E-state index in [9.17, 15) is 22.8 Å². The Morgan fingerprint density at radius 2 is 1.66 bits per heavy atom. The molecule has 0 spiro atoms. The van der Waals surface area contributed by atoms with Crippen LogP contribution in [0, 0.1) is 11.3 Å². The van der Waals surface area contributed by atoms with Gasteiger partial charge in [0.2, 0.25) is 11.8 Å². The van der Waals surface area contributed by atoms with Crippen LogP contribution < -0.4 is 10.5 Å². The number of aromatic nitrogens is 1. The van der Waals surface area contributed by atoms with Gasteiger partial charge in [0.15, 0.2) is 0 Å². The molecule has 4 rings (SSSR count). The molecule has 2 aliphatic heterocycles. The summed E-state index contributed by atoms with van der Waals surface area (Å²) >= 11 is 0. The fraction of sp³-hybridized carbons (Fsp3) is 0.536. The fourth-order valence-electron chi connectivity index (χ4n) is 5.08. The molecule has 0 radical (unpaired) electrons. The molecule has 0 saturated carbocycles. The van der Waals surface area contributed by atoms with Crippen molar-refractivity contribution in [2.45, 2.75) is 51.7 Å². The van der Waals surface area contributed by atoms with Crippen molar-refractivity contribution in [3.63, 3.8) is 0 Å². The Morgan fingerprint density at radius 1 is 1.00 bits per heavy atom. The second-order valence-corrected chi connectivity index (χ2v) is 10.9. The van der Waals surface area contributed by atoms with Crippen molar-refractivity contribution in [3.8, 4) is 17.0 Å². The summed E-state index contributed by atoms with van der Waals surface area (Å²) in [4.78, 5) is 32.3. The van der Waals surface area contributed by atoms with Gasteiger partial charge in [0.1, 0.15) is 6.04 Å². The highest BCUT2D eigenvalue weighted by Gasteiger charge is 2.48. The molecule has 2 aromatic rings. The van der Waals surface area contributed by atoms with E-state index in [2.05, 4.69) is 4.98 Å². The van der Waals surface area contributed by atoms with E-state index >= 15 is 0 Å². The summed E-state index contributed by atoms with van der Waals surface area (Å²) in [5.74, 6) is 0.0928. The number of carbonyl (C=O) groups is 2. The highest BCUT2D eigenvalue weighted by atomic mass is 19.4. The standard InChI is InChI=1S/C28H35F3N4O3/c1-27(2,28(29,30)31)18-34-14-11-19(12-15-34)17-38-24-10-9-22(16-33-24)20-5-7-21(8-6-20)26(37)35-13-3-4-23(35)25(32)36/h5-10,16,19,23H,3-4,11-15,17-18H2,1-2H3,(H2,32,36)/t23-/m0/s1. The molecule has 2 N–H and O–H groups in total. The smallest absolute Gasteiger partial charge is 0.395 e. The first-order valence-corrected chi connectivity index (χ1v) is 13.0. The van der Waals surface area contributed by atoms with Crippen LogP contribution in [0.1, 0.15) is 49.9 Å². The number of nitrogens with zero attached hydrogens (tertiary/aromatic N) is 3. The highest BCUT2D eigenvalue weighted by Crippen LogP contribution is 2.38. The van der Waals surface area contributed by atoms with E-state index in [1.165, 1.54) is 18.7 Å². The minimum atomic E-state index is -4.21. The van der Waals surface area contributed by atoms with Gasteiger partial charge in [-0.3, -0.25) is 9.59 Å². The van der Waals surface area contributed by atoms with Crippen molar-refractivity contribution >= 4 is 11.8 Å². The van der Waals surface area contributed by atoms with Crippen LogP contribution in [-0.4, -0.2) is 71.6 Å². The van der Waals surface area contributed by atoms with E-state index in [4.69, 9.17) is 10.5 Å². The summed E-state index contributed by atoms with van der Waals surface area (Å²) in [5.41, 5.74) is 5.97. The second-order valence-electron chi connectivity index (χ2n) is 10.9. The van der Waals surface area contributed by atoms with E-state index < -0.39 is 23.5 Å². The molecule has 1 aromatic carbocycles. The molecule has 7 nitrogen and oxygen atoms in total. The zero-order valence-corrected chi connectivity index (χ0v) is 21.8. The van der Waals surface area contributed by atoms with Gasteiger partial charge in [-0.1, -0.05) is 12.1 Å². The summed E-state index contributed by atoms with van der Waals surface area (Å²) in [6, 6.07) is 10.3. The van der Waals surface area contributed by atoms with Crippen molar-refractivity contribution in [1.82, 2.24) is 14.8 Å². The predicted molar refractivity (Wildman–Crippen MR) is 137 cm³/mol. The zero-order valence-electron chi connectivity index (χ0n) is 21.8. The summed E-state index contributed by atoms with van der Waals surface area (Å²) in [5, 5.41) is 0. The van der Waals surface area contributed by atoms with Gasteiger partial charge in [-0.05, 0) is 82.3 Å². The minimum absolute atomic E-state index is 0.00832. The number of hydrogen-bond donors (Lipinski definition) is 1. The van der Waals surface area contributed by atoms with E-state index in [0.717, 1.165) is 30.4 Å². The lowest BCUT2D eigenvalue weighted by Gasteiger charge is -2.38. The SMILES string of the molecule is CC(C)(CN1CCC(COc2ccc(-c3ccc(C(=O)N4CCC[C@H]4C(N)=O)cc3)cn2)CC1)C(F)(F)F. The number of likely N-dealkylation sites (tertiary alicyclic amines) is 2. The maximum Gasteiger partial charge on any atom is 0.395 e. The lowest BCUT2D eigenvalue weighted by molar-refractivity contribution is -0.217. The van der Waals surface area contributed by atoms with Gasteiger partial charge < -0.3 is 20.3 Å². The third-order valence-corrected chi connectivity index (χ3v) is 7.60. The zero-order chi connectivity index (χ0) is 27.5. The average Bonchev–Trinajstić information content (AvgIpc) is 3.38. The third-order valence-electron chi connectivity index (χ3n) is 7.60. The van der Waals surface area contributed by atoms with Crippen molar-refractivity contribution in [1.29, 1.82) is 0 Å². The number of halogens is 3. The fourth-order valence-corrected chi connectivity index (χ4v) is 5.08. The summed E-state index contributed by atoms with van der Waals surface area (Å²) < 4.78 is 45.4. The van der Waals surface area contributed by atoms with Gasteiger partial charge >= 0.3 is 6.18 Å². The van der Waals surface area contributed by atoms with Crippen molar-refractivity contribution < 1.29 is 27.5 Å². The molecule has 2 saturated heterocycles. The number of pyridine rings is 1. The number of amides is 2. The van der Waals surface area contributed by atoms with Crippen LogP contribution in [0.2, 0.25) is 0 Å². The molecule has 0 aliphatic carbocycles. The topological polar surface area (TPSA) is 88.8 Å². The Kier molecular flexibility index (Phi) is 8.30. The van der Waals surface area contributed by atoms with Crippen molar-refractivity contribution in [2.75, 3.05) is 32.8 Å². The van der Waals surface area contributed by atoms with E-state index in [1.807, 2.05) is 23.1 Å². The monoisotopic (exact) mass is 532 g/mol. The van der Waals surface area contributed by atoms with Crippen LogP contribution in [0.4, 0.5) is 13.2 Å². The molecule has 2 aliphatic rings. The molecule has 0 bridgehead atoms. The van der Waals surface area contributed by atoms with Crippen molar-refractivity contribution in [3.05, 3.63) is 48.2 Å². The Bertz CT molecular complexity index is 1110. The molecular weight excluding hydrogens is 497 g/mol. The van der Waals surface area contributed by atoms with Crippen LogP contribution in [0.15, 0.2) is 42.6 Å². The van der Waals surface area contributed by atoms with Crippen molar-refractivity contribution in [2.24, 2.45) is 17.1 Å². The number of primary amides is 1. The maximum absolute atomic E-state index is 13.2. The van der Waals surface area contributed by atoms with Crippen LogP contribution in [0.25, 0.3) is 11.1 Å². The molecule has 2 amide bonds. The van der Waals surface area contributed by atoms with Gasteiger partial charge in [-0.2, -0.15) is 13.2 Å². The largest absolute Gasteiger partial charge is 0.477 e. The molecule has 38 heavy (non-hydrogen) atoms. The van der Waals surface area contributed by atoms with Crippen LogP contribution >= 0.6 is 0 Å². The number of ether oxygens (including phenoxy) is 1. The molecule has 0 unspecified atom stereocenters. The normalized spacial score (nSPS) is 19.5. The summed E-state index contributed by atoms with van der Waals surface area (Å²) in [7, 11) is 0.